The van der Waals surface area contributed by atoms with Gasteiger partial charge in [0.2, 0.25) is 0 Å². The molecule has 21 heavy (non-hydrogen) atoms. The Bertz CT molecular complexity index is 460. The van der Waals surface area contributed by atoms with Crippen molar-refractivity contribution < 1.29 is 9.53 Å². The van der Waals surface area contributed by atoms with Crippen LogP contribution in [0, 0.1) is 0 Å². The van der Waals surface area contributed by atoms with Crippen LogP contribution in [0.1, 0.15) is 52.0 Å². The molecule has 1 aromatic rings. The second-order valence-electron chi connectivity index (χ2n) is 5.90. The number of nitrogens with zero attached hydrogens (tertiary/aromatic N) is 1. The van der Waals surface area contributed by atoms with Crippen molar-refractivity contribution in [3.8, 4) is 0 Å². The zero-order valence-corrected chi connectivity index (χ0v) is 13.5. The number of hydrogen-bond donors (Lipinski definition) is 0. The Morgan fingerprint density at radius 3 is 2.67 bits per heavy atom. The molecule has 1 aromatic carbocycles. The van der Waals surface area contributed by atoms with Crippen LogP contribution in [0.15, 0.2) is 30.3 Å². The fraction of sp³-hybridized carbons (Fsp3) is 0.611. The number of hydrogen-bond acceptors (Lipinski definition) is 3. The van der Waals surface area contributed by atoms with Crippen LogP contribution in [0.3, 0.4) is 0 Å². The molecule has 1 aliphatic heterocycles. The number of esters is 1. The first kappa shape index (κ1) is 16.0. The maximum Gasteiger partial charge on any atom is 0.306 e. The zero-order chi connectivity index (χ0) is 15.3. The first-order valence-corrected chi connectivity index (χ1v) is 8.15. The van der Waals surface area contributed by atoms with Crippen LogP contribution in [-0.2, 0) is 15.1 Å². The van der Waals surface area contributed by atoms with Gasteiger partial charge in [0.25, 0.3) is 0 Å². The first-order valence-electron chi connectivity index (χ1n) is 8.15. The lowest BCUT2D eigenvalue weighted by Crippen LogP contribution is -2.44. The summed E-state index contributed by atoms with van der Waals surface area (Å²) in [4.78, 5) is 14.4. The maximum atomic E-state index is 12.0. The van der Waals surface area contributed by atoms with Crippen LogP contribution < -0.4 is 0 Å². The number of ether oxygens (including phenoxy) is 1. The number of likely N-dealkylation sites (tertiary alicyclic amines) is 1. The Kier molecular flexibility index (Phi) is 5.40. The molecule has 1 saturated heterocycles. The van der Waals surface area contributed by atoms with E-state index >= 15 is 0 Å². The molecule has 1 aliphatic rings. The lowest BCUT2D eigenvalue weighted by atomic mass is 9.86. The van der Waals surface area contributed by atoms with Crippen LogP contribution >= 0.6 is 0 Å². The first-order chi connectivity index (χ1) is 10.1. The summed E-state index contributed by atoms with van der Waals surface area (Å²) >= 11 is 0. The SMILES string of the molecule is CCCCN1CCC(OC(=O)CC)(c2ccccc2)C1C. The van der Waals surface area contributed by atoms with Crippen molar-refractivity contribution in [2.75, 3.05) is 13.1 Å². The lowest BCUT2D eigenvalue weighted by Gasteiger charge is -2.36. The summed E-state index contributed by atoms with van der Waals surface area (Å²) < 4.78 is 5.98. The Labute approximate surface area is 128 Å². The van der Waals surface area contributed by atoms with Crippen LogP contribution in [0.25, 0.3) is 0 Å². The predicted molar refractivity (Wildman–Crippen MR) is 85.1 cm³/mol. The molecule has 1 heterocycles. The lowest BCUT2D eigenvalue weighted by molar-refractivity contribution is -0.163. The number of rotatable bonds is 6. The van der Waals surface area contributed by atoms with E-state index < -0.39 is 5.60 Å². The highest BCUT2D eigenvalue weighted by Gasteiger charge is 2.48. The highest BCUT2D eigenvalue weighted by Crippen LogP contribution is 2.41. The average molecular weight is 289 g/mol. The topological polar surface area (TPSA) is 29.5 Å². The third kappa shape index (κ3) is 3.29. The van der Waals surface area contributed by atoms with Gasteiger partial charge in [0.05, 0.1) is 6.04 Å². The van der Waals surface area contributed by atoms with Crippen LogP contribution in [0.5, 0.6) is 0 Å². The quantitative estimate of drug-likeness (QED) is 0.747. The number of carbonyl (C=O) groups excluding carboxylic acids is 1. The summed E-state index contributed by atoms with van der Waals surface area (Å²) in [6, 6.07) is 10.5. The smallest absolute Gasteiger partial charge is 0.306 e. The van der Waals surface area contributed by atoms with Gasteiger partial charge in [0, 0.05) is 19.4 Å². The fourth-order valence-corrected chi connectivity index (χ4v) is 3.25. The van der Waals surface area contributed by atoms with E-state index in [9.17, 15) is 4.79 Å². The van der Waals surface area contributed by atoms with Gasteiger partial charge in [-0.1, -0.05) is 50.6 Å². The van der Waals surface area contributed by atoms with E-state index in [-0.39, 0.29) is 12.0 Å². The summed E-state index contributed by atoms with van der Waals surface area (Å²) in [5, 5.41) is 0. The zero-order valence-electron chi connectivity index (χ0n) is 13.5. The van der Waals surface area contributed by atoms with Crippen molar-refractivity contribution in [3.05, 3.63) is 35.9 Å². The van der Waals surface area contributed by atoms with Gasteiger partial charge in [-0.2, -0.15) is 0 Å². The van der Waals surface area contributed by atoms with E-state index in [1.165, 1.54) is 12.8 Å². The van der Waals surface area contributed by atoms with Crippen molar-refractivity contribution in [2.24, 2.45) is 0 Å². The molecule has 0 radical (unpaired) electrons. The largest absolute Gasteiger partial charge is 0.452 e. The van der Waals surface area contributed by atoms with Gasteiger partial charge >= 0.3 is 5.97 Å². The molecule has 0 amide bonds. The fourth-order valence-electron chi connectivity index (χ4n) is 3.25. The molecule has 3 heteroatoms. The van der Waals surface area contributed by atoms with Gasteiger partial charge in [0.15, 0.2) is 5.60 Å². The molecular weight excluding hydrogens is 262 g/mol. The molecule has 0 aromatic heterocycles. The van der Waals surface area contributed by atoms with Gasteiger partial charge in [-0.3, -0.25) is 9.69 Å². The van der Waals surface area contributed by atoms with Gasteiger partial charge in [-0.25, -0.2) is 0 Å². The van der Waals surface area contributed by atoms with Gasteiger partial charge < -0.3 is 4.74 Å². The molecule has 0 aliphatic carbocycles. The van der Waals surface area contributed by atoms with Gasteiger partial charge in [0.1, 0.15) is 0 Å². The molecule has 0 N–H and O–H groups in total. The van der Waals surface area contributed by atoms with E-state index in [4.69, 9.17) is 4.74 Å². The second-order valence-corrected chi connectivity index (χ2v) is 5.90. The summed E-state index contributed by atoms with van der Waals surface area (Å²) in [5.74, 6) is -0.108. The Morgan fingerprint density at radius 2 is 2.05 bits per heavy atom. The third-order valence-electron chi connectivity index (χ3n) is 4.64. The van der Waals surface area contributed by atoms with E-state index in [1.54, 1.807) is 0 Å². The van der Waals surface area contributed by atoms with Crippen LogP contribution in [0.2, 0.25) is 0 Å². The van der Waals surface area contributed by atoms with Crippen molar-refractivity contribution in [3.63, 3.8) is 0 Å². The monoisotopic (exact) mass is 289 g/mol. The third-order valence-corrected chi connectivity index (χ3v) is 4.64. The second kappa shape index (κ2) is 7.08. The molecule has 0 saturated carbocycles. The molecule has 116 valence electrons. The molecule has 3 nitrogen and oxygen atoms in total. The minimum atomic E-state index is -0.484. The van der Waals surface area contributed by atoms with E-state index in [0.29, 0.717) is 6.42 Å². The molecule has 2 unspecified atom stereocenters. The van der Waals surface area contributed by atoms with E-state index in [2.05, 4.69) is 30.9 Å². The Balaban J connectivity index is 2.27. The molecule has 1 fully saturated rings. The van der Waals surface area contributed by atoms with Crippen molar-refractivity contribution >= 4 is 5.97 Å². The van der Waals surface area contributed by atoms with E-state index in [0.717, 1.165) is 25.1 Å². The summed E-state index contributed by atoms with van der Waals surface area (Å²) in [5.41, 5.74) is 0.639. The molecule has 0 bridgehead atoms. The molecular formula is C18H27NO2. The summed E-state index contributed by atoms with van der Waals surface area (Å²) in [6.45, 7) is 8.33. The number of unbranched alkanes of at least 4 members (excludes halogenated alkanes) is 1. The minimum absolute atomic E-state index is 0.108. The van der Waals surface area contributed by atoms with Crippen LogP contribution in [-0.4, -0.2) is 30.0 Å². The van der Waals surface area contributed by atoms with Crippen molar-refractivity contribution in [2.45, 2.75) is 58.1 Å². The molecule has 0 spiro atoms. The standard InChI is InChI=1S/C18H27NO2/c1-4-6-13-19-14-12-18(15(19)3,21-17(20)5-2)16-10-8-7-9-11-16/h7-11,15H,4-6,12-14H2,1-3H3. The summed E-state index contributed by atoms with van der Waals surface area (Å²) in [6.07, 6.45) is 3.69. The van der Waals surface area contributed by atoms with Crippen molar-refractivity contribution in [1.82, 2.24) is 4.90 Å². The number of carbonyl (C=O) groups is 1. The van der Waals surface area contributed by atoms with Crippen LogP contribution in [0.4, 0.5) is 0 Å². The highest BCUT2D eigenvalue weighted by atomic mass is 16.6. The van der Waals surface area contributed by atoms with Crippen molar-refractivity contribution in [1.29, 1.82) is 0 Å². The van der Waals surface area contributed by atoms with E-state index in [1.807, 2.05) is 25.1 Å². The summed E-state index contributed by atoms with van der Waals surface area (Å²) in [7, 11) is 0. The molecule has 2 rings (SSSR count). The Hall–Kier alpha value is -1.35. The Morgan fingerprint density at radius 1 is 1.33 bits per heavy atom. The number of benzene rings is 1. The van der Waals surface area contributed by atoms with Gasteiger partial charge in [-0.15, -0.1) is 0 Å². The van der Waals surface area contributed by atoms with Gasteiger partial charge in [-0.05, 0) is 25.5 Å². The normalized spacial score (nSPS) is 26.0. The minimum Gasteiger partial charge on any atom is -0.452 e. The maximum absolute atomic E-state index is 12.0. The highest BCUT2D eigenvalue weighted by molar-refractivity contribution is 5.70. The molecule has 2 atom stereocenters. The predicted octanol–water partition coefficient (Wildman–Crippen LogP) is 3.73. The average Bonchev–Trinajstić information content (AvgIpc) is 2.83.